The summed E-state index contributed by atoms with van der Waals surface area (Å²) in [5, 5.41) is 3.28. The molecule has 7 nitrogen and oxygen atoms in total. The van der Waals surface area contributed by atoms with Crippen LogP contribution < -0.4 is 5.32 Å². The maximum absolute atomic E-state index is 12.7. The number of fused-ring (bicyclic) bond motifs is 1. The van der Waals surface area contributed by atoms with E-state index in [4.69, 9.17) is 16.3 Å². The van der Waals surface area contributed by atoms with Crippen molar-refractivity contribution >= 4 is 29.3 Å². The number of carbonyl (C=O) groups excluding carboxylic acids is 2. The molecule has 144 valence electrons. The number of halogens is 1. The van der Waals surface area contributed by atoms with E-state index in [2.05, 4.69) is 10.3 Å². The van der Waals surface area contributed by atoms with E-state index < -0.39 is 5.60 Å². The third-order valence-corrected chi connectivity index (χ3v) is 4.47. The number of aromatic nitrogens is 2. The Labute approximate surface area is 163 Å². The van der Waals surface area contributed by atoms with Crippen LogP contribution in [0.5, 0.6) is 0 Å². The summed E-state index contributed by atoms with van der Waals surface area (Å²) in [4.78, 5) is 31.0. The van der Waals surface area contributed by atoms with Crippen LogP contribution >= 0.6 is 11.6 Å². The first kappa shape index (κ1) is 19.2. The van der Waals surface area contributed by atoms with Gasteiger partial charge >= 0.3 is 6.09 Å². The lowest BCUT2D eigenvalue weighted by atomic mass is 10.2. The fourth-order valence-corrected chi connectivity index (χ4v) is 3.21. The molecule has 0 fully saturated rings. The minimum Gasteiger partial charge on any atom is -0.444 e. The summed E-state index contributed by atoms with van der Waals surface area (Å²) < 4.78 is 7.30. The molecule has 0 unspecified atom stereocenters. The number of ether oxygens (including phenoxy) is 1. The number of anilines is 1. The van der Waals surface area contributed by atoms with E-state index in [1.54, 1.807) is 29.2 Å². The molecule has 0 radical (unpaired) electrons. The van der Waals surface area contributed by atoms with E-state index in [1.165, 1.54) is 6.20 Å². The second kappa shape index (κ2) is 7.23. The van der Waals surface area contributed by atoms with Gasteiger partial charge in [-0.25, -0.2) is 9.78 Å². The molecule has 1 aromatic carbocycles. The maximum atomic E-state index is 12.7. The number of benzene rings is 1. The van der Waals surface area contributed by atoms with Crippen LogP contribution in [-0.4, -0.2) is 38.6 Å². The summed E-state index contributed by atoms with van der Waals surface area (Å²) in [6.07, 6.45) is 1.14. The molecule has 0 spiro atoms. The van der Waals surface area contributed by atoms with Gasteiger partial charge in [-0.3, -0.25) is 9.69 Å². The van der Waals surface area contributed by atoms with E-state index in [0.29, 0.717) is 35.3 Å². The SMILES string of the molecule is C[C@@H]1CN(C(=O)OC(C)(C)C)Cc2ncc(C(=O)Nc3ccccc3Cl)n21. The number of rotatable bonds is 2. The maximum Gasteiger partial charge on any atom is 0.410 e. The lowest BCUT2D eigenvalue weighted by Crippen LogP contribution is -2.43. The number of amides is 2. The van der Waals surface area contributed by atoms with Crippen molar-refractivity contribution in [1.29, 1.82) is 0 Å². The van der Waals surface area contributed by atoms with Crippen LogP contribution in [0.4, 0.5) is 10.5 Å². The van der Waals surface area contributed by atoms with E-state index in [0.717, 1.165) is 0 Å². The fraction of sp³-hybridized carbons (Fsp3) is 0.421. The lowest BCUT2D eigenvalue weighted by Gasteiger charge is -2.34. The van der Waals surface area contributed by atoms with Crippen molar-refractivity contribution in [2.24, 2.45) is 0 Å². The van der Waals surface area contributed by atoms with Gasteiger partial charge in [-0.2, -0.15) is 0 Å². The molecule has 27 heavy (non-hydrogen) atoms. The quantitative estimate of drug-likeness (QED) is 0.837. The molecule has 1 aromatic heterocycles. The number of hydrogen-bond acceptors (Lipinski definition) is 4. The van der Waals surface area contributed by atoms with E-state index in [1.807, 2.05) is 32.3 Å². The number of para-hydroxylation sites is 1. The molecule has 8 heteroatoms. The molecule has 2 amide bonds. The summed E-state index contributed by atoms with van der Waals surface area (Å²) in [7, 11) is 0. The zero-order valence-electron chi connectivity index (χ0n) is 15.8. The Morgan fingerprint density at radius 3 is 2.67 bits per heavy atom. The number of imidazole rings is 1. The topological polar surface area (TPSA) is 76.5 Å². The molecule has 0 bridgehead atoms. The molecule has 0 saturated carbocycles. The van der Waals surface area contributed by atoms with Crippen molar-refractivity contribution < 1.29 is 14.3 Å². The van der Waals surface area contributed by atoms with Crippen molar-refractivity contribution in [1.82, 2.24) is 14.5 Å². The van der Waals surface area contributed by atoms with Gasteiger partial charge in [0.25, 0.3) is 5.91 Å². The largest absolute Gasteiger partial charge is 0.444 e. The first-order valence-corrected chi connectivity index (χ1v) is 9.13. The highest BCUT2D eigenvalue weighted by Crippen LogP contribution is 2.26. The molecule has 1 aliphatic heterocycles. The fourth-order valence-electron chi connectivity index (χ4n) is 3.03. The highest BCUT2D eigenvalue weighted by molar-refractivity contribution is 6.33. The summed E-state index contributed by atoms with van der Waals surface area (Å²) in [5.41, 5.74) is 0.410. The molecule has 1 N–H and O–H groups in total. The molecule has 2 aromatic rings. The standard InChI is InChI=1S/C19H23ClN4O3/c1-12-10-23(18(26)27-19(2,3)4)11-16-21-9-15(24(12)16)17(25)22-14-8-6-5-7-13(14)20/h5-9,12H,10-11H2,1-4H3,(H,22,25)/t12-/m1/s1. The van der Waals surface area contributed by atoms with Crippen LogP contribution in [0.25, 0.3) is 0 Å². The number of nitrogens with one attached hydrogen (secondary N) is 1. The summed E-state index contributed by atoms with van der Waals surface area (Å²) in [5.74, 6) is 0.350. The van der Waals surface area contributed by atoms with Crippen LogP contribution in [0.1, 0.15) is 50.0 Å². The third kappa shape index (κ3) is 4.24. The van der Waals surface area contributed by atoms with Crippen LogP contribution in [0.15, 0.2) is 30.5 Å². The molecule has 3 rings (SSSR count). The Kier molecular flexibility index (Phi) is 5.15. The van der Waals surface area contributed by atoms with Gasteiger partial charge in [-0.15, -0.1) is 0 Å². The highest BCUT2D eigenvalue weighted by Gasteiger charge is 2.32. The van der Waals surface area contributed by atoms with Gasteiger partial charge in [0.1, 0.15) is 17.1 Å². The minimum absolute atomic E-state index is 0.115. The van der Waals surface area contributed by atoms with Crippen LogP contribution in [0, 0.1) is 0 Å². The third-order valence-electron chi connectivity index (χ3n) is 4.14. The number of nitrogens with zero attached hydrogens (tertiary/aromatic N) is 3. The van der Waals surface area contributed by atoms with Crippen LogP contribution in [-0.2, 0) is 11.3 Å². The first-order valence-electron chi connectivity index (χ1n) is 8.75. The summed E-state index contributed by atoms with van der Waals surface area (Å²) >= 11 is 6.11. The second-order valence-electron chi connectivity index (χ2n) is 7.57. The molecular weight excluding hydrogens is 368 g/mol. The lowest BCUT2D eigenvalue weighted by molar-refractivity contribution is 0.0169. The Bertz CT molecular complexity index is 872. The zero-order valence-corrected chi connectivity index (χ0v) is 16.6. The van der Waals surface area contributed by atoms with Crippen molar-refractivity contribution in [3.8, 4) is 0 Å². The predicted octanol–water partition coefficient (Wildman–Crippen LogP) is 4.10. The Balaban J connectivity index is 1.79. The average Bonchev–Trinajstić information content (AvgIpc) is 3.00. The molecule has 1 aliphatic rings. The van der Waals surface area contributed by atoms with Crippen LogP contribution in [0.3, 0.4) is 0 Å². The minimum atomic E-state index is -0.562. The highest BCUT2D eigenvalue weighted by atomic mass is 35.5. The van der Waals surface area contributed by atoms with Gasteiger partial charge in [-0.05, 0) is 39.8 Å². The van der Waals surface area contributed by atoms with Crippen LogP contribution in [0.2, 0.25) is 5.02 Å². The van der Waals surface area contributed by atoms with Gasteiger partial charge in [-0.1, -0.05) is 23.7 Å². The van der Waals surface area contributed by atoms with Gasteiger partial charge in [0.15, 0.2) is 0 Å². The van der Waals surface area contributed by atoms with Gasteiger partial charge in [0.05, 0.1) is 29.5 Å². The average molecular weight is 391 g/mol. The first-order chi connectivity index (χ1) is 12.7. The van der Waals surface area contributed by atoms with Crippen molar-refractivity contribution in [2.45, 2.75) is 45.9 Å². The van der Waals surface area contributed by atoms with Crippen molar-refractivity contribution in [3.63, 3.8) is 0 Å². The Hall–Kier alpha value is -2.54. The monoisotopic (exact) mass is 390 g/mol. The number of carbonyl (C=O) groups is 2. The van der Waals surface area contributed by atoms with Gasteiger partial charge < -0.3 is 14.6 Å². The Morgan fingerprint density at radius 1 is 1.30 bits per heavy atom. The number of hydrogen-bond donors (Lipinski definition) is 1. The molecule has 2 heterocycles. The normalized spacial score (nSPS) is 16.6. The van der Waals surface area contributed by atoms with E-state index >= 15 is 0 Å². The van der Waals surface area contributed by atoms with Gasteiger partial charge in [0, 0.05) is 6.54 Å². The van der Waals surface area contributed by atoms with E-state index in [9.17, 15) is 9.59 Å². The van der Waals surface area contributed by atoms with Crippen molar-refractivity contribution in [3.05, 3.63) is 47.0 Å². The zero-order chi connectivity index (χ0) is 19.8. The Morgan fingerprint density at radius 2 is 2.00 bits per heavy atom. The smallest absolute Gasteiger partial charge is 0.410 e. The summed E-state index contributed by atoms with van der Waals surface area (Å²) in [6.45, 7) is 8.15. The second-order valence-corrected chi connectivity index (χ2v) is 7.98. The predicted molar refractivity (Wildman–Crippen MR) is 103 cm³/mol. The molecular formula is C19H23ClN4O3. The molecule has 0 aliphatic carbocycles. The summed E-state index contributed by atoms with van der Waals surface area (Å²) in [6, 6.07) is 6.93. The van der Waals surface area contributed by atoms with E-state index in [-0.39, 0.29) is 18.0 Å². The molecule has 1 atom stereocenters. The molecule has 0 saturated heterocycles. The van der Waals surface area contributed by atoms with Crippen molar-refractivity contribution in [2.75, 3.05) is 11.9 Å². The van der Waals surface area contributed by atoms with Gasteiger partial charge in [0.2, 0.25) is 0 Å².